The molecule has 3 unspecified atom stereocenters. The SMILES string of the molecule is CCN1CCC(NC(=O)C(C)C(C)C)C(O)C1. The van der Waals surface area contributed by atoms with E-state index in [1.165, 1.54) is 0 Å². The topological polar surface area (TPSA) is 52.6 Å². The molecule has 2 N–H and O–H groups in total. The Bertz CT molecular complexity index is 256. The number of aliphatic hydroxyl groups excluding tert-OH is 1. The highest BCUT2D eigenvalue weighted by Crippen LogP contribution is 2.14. The monoisotopic (exact) mass is 242 g/mol. The van der Waals surface area contributed by atoms with Crippen molar-refractivity contribution in [1.82, 2.24) is 10.2 Å². The maximum atomic E-state index is 11.9. The second kappa shape index (κ2) is 6.36. The summed E-state index contributed by atoms with van der Waals surface area (Å²) in [4.78, 5) is 14.1. The van der Waals surface area contributed by atoms with Gasteiger partial charge in [0, 0.05) is 19.0 Å². The van der Waals surface area contributed by atoms with E-state index < -0.39 is 6.10 Å². The average Bonchev–Trinajstić information content (AvgIpc) is 2.30. The zero-order chi connectivity index (χ0) is 13.0. The van der Waals surface area contributed by atoms with Gasteiger partial charge in [0.2, 0.25) is 5.91 Å². The van der Waals surface area contributed by atoms with Gasteiger partial charge in [0.25, 0.3) is 0 Å². The van der Waals surface area contributed by atoms with Gasteiger partial charge in [-0.2, -0.15) is 0 Å². The number of β-amino-alcohol motifs (C(OH)–C–C–N with tert-alkyl or cyclic N) is 1. The van der Waals surface area contributed by atoms with E-state index in [9.17, 15) is 9.90 Å². The van der Waals surface area contributed by atoms with Crippen LogP contribution in [-0.2, 0) is 4.79 Å². The normalized spacial score (nSPS) is 28.1. The van der Waals surface area contributed by atoms with Gasteiger partial charge in [-0.15, -0.1) is 0 Å². The van der Waals surface area contributed by atoms with Crippen molar-refractivity contribution in [2.75, 3.05) is 19.6 Å². The molecule has 4 heteroatoms. The number of likely N-dealkylation sites (tertiary alicyclic amines) is 1. The summed E-state index contributed by atoms with van der Waals surface area (Å²) in [6, 6.07) is -0.0773. The van der Waals surface area contributed by atoms with Crippen LogP contribution in [0.15, 0.2) is 0 Å². The minimum atomic E-state index is -0.438. The number of piperidine rings is 1. The van der Waals surface area contributed by atoms with Crippen LogP contribution in [0.25, 0.3) is 0 Å². The van der Waals surface area contributed by atoms with Gasteiger partial charge in [-0.3, -0.25) is 4.79 Å². The number of carbonyl (C=O) groups is 1. The summed E-state index contributed by atoms with van der Waals surface area (Å²) in [6.07, 6.45) is 0.401. The number of nitrogens with one attached hydrogen (secondary N) is 1. The molecular formula is C13H26N2O2. The Balaban J connectivity index is 2.44. The number of likely N-dealkylation sites (N-methyl/N-ethyl adjacent to an activating group) is 1. The average molecular weight is 242 g/mol. The first kappa shape index (κ1) is 14.5. The van der Waals surface area contributed by atoms with Crippen molar-refractivity contribution in [2.45, 2.75) is 46.3 Å². The van der Waals surface area contributed by atoms with Gasteiger partial charge in [0.15, 0.2) is 0 Å². The van der Waals surface area contributed by atoms with E-state index in [-0.39, 0.29) is 17.9 Å². The second-order valence-electron chi connectivity index (χ2n) is 5.40. The highest BCUT2D eigenvalue weighted by Gasteiger charge is 2.29. The molecule has 1 rings (SSSR count). The van der Waals surface area contributed by atoms with E-state index in [4.69, 9.17) is 0 Å². The van der Waals surface area contributed by atoms with E-state index in [0.717, 1.165) is 19.5 Å². The number of amides is 1. The first-order valence-corrected chi connectivity index (χ1v) is 6.66. The molecule has 1 saturated heterocycles. The molecule has 1 heterocycles. The highest BCUT2D eigenvalue weighted by molar-refractivity contribution is 5.78. The summed E-state index contributed by atoms with van der Waals surface area (Å²) in [5.41, 5.74) is 0. The molecule has 100 valence electrons. The number of aliphatic hydroxyl groups is 1. The van der Waals surface area contributed by atoms with E-state index in [0.29, 0.717) is 12.5 Å². The largest absolute Gasteiger partial charge is 0.390 e. The predicted octanol–water partition coefficient (Wildman–Crippen LogP) is 0.850. The van der Waals surface area contributed by atoms with Gasteiger partial charge in [0.05, 0.1) is 12.1 Å². The molecule has 1 aliphatic rings. The molecule has 1 aliphatic heterocycles. The Morgan fingerprint density at radius 3 is 2.59 bits per heavy atom. The molecular weight excluding hydrogens is 216 g/mol. The molecule has 1 fully saturated rings. The standard InChI is InChI=1S/C13H26N2O2/c1-5-15-7-6-11(12(16)8-15)14-13(17)10(4)9(2)3/h9-12,16H,5-8H2,1-4H3,(H,14,17). The number of nitrogens with zero attached hydrogens (tertiary/aromatic N) is 1. The molecule has 0 saturated carbocycles. The summed E-state index contributed by atoms with van der Waals surface area (Å²) in [6.45, 7) is 10.7. The third-order valence-corrected chi connectivity index (χ3v) is 3.85. The van der Waals surface area contributed by atoms with Crippen LogP contribution in [-0.4, -0.2) is 47.7 Å². The molecule has 0 bridgehead atoms. The number of hydrogen-bond acceptors (Lipinski definition) is 3. The molecule has 0 radical (unpaired) electrons. The Morgan fingerprint density at radius 2 is 2.12 bits per heavy atom. The Labute approximate surface area is 104 Å². The summed E-state index contributed by atoms with van der Waals surface area (Å²) >= 11 is 0. The number of rotatable bonds is 4. The van der Waals surface area contributed by atoms with Crippen molar-refractivity contribution in [1.29, 1.82) is 0 Å². The van der Waals surface area contributed by atoms with Crippen molar-refractivity contribution in [3.63, 3.8) is 0 Å². The molecule has 0 aliphatic carbocycles. The van der Waals surface area contributed by atoms with Crippen molar-refractivity contribution in [3.8, 4) is 0 Å². The fourth-order valence-electron chi connectivity index (χ4n) is 2.07. The quantitative estimate of drug-likeness (QED) is 0.768. The maximum absolute atomic E-state index is 11.9. The fraction of sp³-hybridized carbons (Fsp3) is 0.923. The molecule has 0 aromatic carbocycles. The lowest BCUT2D eigenvalue weighted by molar-refractivity contribution is -0.128. The van der Waals surface area contributed by atoms with E-state index in [2.05, 4.69) is 17.1 Å². The van der Waals surface area contributed by atoms with Crippen LogP contribution in [0.1, 0.15) is 34.1 Å². The van der Waals surface area contributed by atoms with E-state index >= 15 is 0 Å². The van der Waals surface area contributed by atoms with Crippen LogP contribution < -0.4 is 5.32 Å². The van der Waals surface area contributed by atoms with Crippen molar-refractivity contribution >= 4 is 5.91 Å². The van der Waals surface area contributed by atoms with Crippen LogP contribution >= 0.6 is 0 Å². The molecule has 3 atom stereocenters. The van der Waals surface area contributed by atoms with Gasteiger partial charge < -0.3 is 15.3 Å². The van der Waals surface area contributed by atoms with E-state index in [1.54, 1.807) is 0 Å². The summed E-state index contributed by atoms with van der Waals surface area (Å²) in [5.74, 6) is 0.406. The molecule has 0 aromatic rings. The summed E-state index contributed by atoms with van der Waals surface area (Å²) in [5, 5.41) is 13.0. The van der Waals surface area contributed by atoms with Gasteiger partial charge in [0.1, 0.15) is 0 Å². The number of carbonyl (C=O) groups excluding carboxylic acids is 1. The maximum Gasteiger partial charge on any atom is 0.223 e. The van der Waals surface area contributed by atoms with Crippen LogP contribution in [0.4, 0.5) is 0 Å². The van der Waals surface area contributed by atoms with Crippen LogP contribution in [0.3, 0.4) is 0 Å². The zero-order valence-electron chi connectivity index (χ0n) is 11.4. The minimum absolute atomic E-state index is 0.00593. The van der Waals surface area contributed by atoms with Gasteiger partial charge in [-0.1, -0.05) is 27.7 Å². The molecule has 4 nitrogen and oxygen atoms in total. The first-order valence-electron chi connectivity index (χ1n) is 6.66. The smallest absolute Gasteiger partial charge is 0.223 e. The highest BCUT2D eigenvalue weighted by atomic mass is 16.3. The van der Waals surface area contributed by atoms with Crippen LogP contribution in [0.2, 0.25) is 0 Å². The fourth-order valence-corrected chi connectivity index (χ4v) is 2.07. The minimum Gasteiger partial charge on any atom is -0.390 e. The first-order chi connectivity index (χ1) is 7.95. The molecule has 0 aromatic heterocycles. The third kappa shape index (κ3) is 3.96. The van der Waals surface area contributed by atoms with Crippen molar-refractivity contribution in [2.24, 2.45) is 11.8 Å². The van der Waals surface area contributed by atoms with Crippen molar-refractivity contribution in [3.05, 3.63) is 0 Å². The lowest BCUT2D eigenvalue weighted by Gasteiger charge is -2.36. The van der Waals surface area contributed by atoms with Crippen LogP contribution in [0, 0.1) is 11.8 Å². The Morgan fingerprint density at radius 1 is 1.47 bits per heavy atom. The number of hydrogen-bond donors (Lipinski definition) is 2. The van der Waals surface area contributed by atoms with Crippen LogP contribution in [0.5, 0.6) is 0 Å². The van der Waals surface area contributed by atoms with Gasteiger partial charge in [-0.25, -0.2) is 0 Å². The summed E-state index contributed by atoms with van der Waals surface area (Å²) in [7, 11) is 0. The van der Waals surface area contributed by atoms with Crippen molar-refractivity contribution < 1.29 is 9.90 Å². The summed E-state index contributed by atoms with van der Waals surface area (Å²) < 4.78 is 0. The molecule has 17 heavy (non-hydrogen) atoms. The third-order valence-electron chi connectivity index (χ3n) is 3.85. The lowest BCUT2D eigenvalue weighted by atomic mass is 9.95. The van der Waals surface area contributed by atoms with E-state index in [1.807, 2.05) is 20.8 Å². The lowest BCUT2D eigenvalue weighted by Crippen LogP contribution is -2.55. The Kier molecular flexibility index (Phi) is 5.40. The Hall–Kier alpha value is -0.610. The van der Waals surface area contributed by atoms with Gasteiger partial charge >= 0.3 is 0 Å². The second-order valence-corrected chi connectivity index (χ2v) is 5.40. The predicted molar refractivity (Wildman–Crippen MR) is 68.7 cm³/mol. The molecule has 1 amide bonds. The van der Waals surface area contributed by atoms with Gasteiger partial charge in [-0.05, 0) is 18.9 Å². The zero-order valence-corrected chi connectivity index (χ0v) is 11.4. The molecule has 0 spiro atoms.